The number of aryl methyl sites for hydroxylation is 1. The van der Waals surface area contributed by atoms with E-state index >= 15 is 0 Å². The van der Waals surface area contributed by atoms with E-state index in [0.29, 0.717) is 11.5 Å². The van der Waals surface area contributed by atoms with E-state index in [1.54, 1.807) is 0 Å². The molecule has 0 spiro atoms. The van der Waals surface area contributed by atoms with Gasteiger partial charge in [-0.25, -0.2) is 0 Å². The summed E-state index contributed by atoms with van der Waals surface area (Å²) < 4.78 is 5.96. The molecule has 94 valence electrons. The third-order valence-corrected chi connectivity index (χ3v) is 3.40. The van der Waals surface area contributed by atoms with E-state index in [9.17, 15) is 0 Å². The predicted molar refractivity (Wildman–Crippen MR) is 74.4 cm³/mol. The summed E-state index contributed by atoms with van der Waals surface area (Å²) in [5.41, 5.74) is 3.09. The number of nitriles is 1. The SMILES string of the molecule is Cc1ccc(Oc2ccc(C#N)cc2C2CC2)cc1. The first-order valence-electron chi connectivity index (χ1n) is 6.55. The van der Waals surface area contributed by atoms with Crippen LogP contribution in [0.1, 0.15) is 35.4 Å². The topological polar surface area (TPSA) is 33.0 Å². The standard InChI is InChI=1S/C17H15NO/c1-12-2-7-15(8-3-12)19-17-9-4-13(11-18)10-16(17)14-5-6-14/h2-4,7-10,14H,5-6H2,1H3. The molecule has 19 heavy (non-hydrogen) atoms. The number of hydrogen-bond acceptors (Lipinski definition) is 2. The molecule has 1 saturated carbocycles. The second kappa shape index (κ2) is 4.78. The molecule has 0 unspecified atom stereocenters. The van der Waals surface area contributed by atoms with E-state index in [-0.39, 0.29) is 0 Å². The van der Waals surface area contributed by atoms with Crippen molar-refractivity contribution in [2.45, 2.75) is 25.7 Å². The van der Waals surface area contributed by atoms with Crippen molar-refractivity contribution in [1.29, 1.82) is 5.26 Å². The highest BCUT2D eigenvalue weighted by Crippen LogP contribution is 2.45. The lowest BCUT2D eigenvalue weighted by molar-refractivity contribution is 0.476. The summed E-state index contributed by atoms with van der Waals surface area (Å²) in [5.74, 6) is 2.29. The van der Waals surface area contributed by atoms with Gasteiger partial charge in [-0.1, -0.05) is 17.7 Å². The number of rotatable bonds is 3. The molecule has 0 bridgehead atoms. The Morgan fingerprint density at radius 2 is 1.84 bits per heavy atom. The monoisotopic (exact) mass is 249 g/mol. The summed E-state index contributed by atoms with van der Waals surface area (Å²) in [6.45, 7) is 2.06. The van der Waals surface area contributed by atoms with Crippen molar-refractivity contribution in [3.8, 4) is 17.6 Å². The maximum Gasteiger partial charge on any atom is 0.130 e. The molecule has 0 amide bonds. The maximum atomic E-state index is 8.98. The van der Waals surface area contributed by atoms with Crippen molar-refractivity contribution in [2.24, 2.45) is 0 Å². The molecule has 0 heterocycles. The highest BCUT2D eigenvalue weighted by Gasteiger charge is 2.27. The van der Waals surface area contributed by atoms with Crippen molar-refractivity contribution >= 4 is 0 Å². The summed E-state index contributed by atoms with van der Waals surface area (Å²) in [6, 6.07) is 15.9. The van der Waals surface area contributed by atoms with Crippen LogP contribution < -0.4 is 4.74 Å². The number of benzene rings is 2. The highest BCUT2D eigenvalue weighted by molar-refractivity contribution is 5.47. The zero-order valence-electron chi connectivity index (χ0n) is 10.9. The van der Waals surface area contributed by atoms with Gasteiger partial charge in [0.15, 0.2) is 0 Å². The lowest BCUT2D eigenvalue weighted by Gasteiger charge is -2.11. The molecule has 1 aliphatic rings. The Hall–Kier alpha value is -2.27. The molecule has 0 N–H and O–H groups in total. The molecule has 0 atom stereocenters. The Morgan fingerprint density at radius 3 is 2.47 bits per heavy atom. The van der Waals surface area contributed by atoms with Crippen LogP contribution in [0.15, 0.2) is 42.5 Å². The maximum absolute atomic E-state index is 8.98. The van der Waals surface area contributed by atoms with Crippen molar-refractivity contribution in [2.75, 3.05) is 0 Å². The van der Waals surface area contributed by atoms with Crippen LogP contribution in [0.3, 0.4) is 0 Å². The van der Waals surface area contributed by atoms with Crippen molar-refractivity contribution < 1.29 is 4.74 Å². The molecule has 0 saturated heterocycles. The molecule has 1 fully saturated rings. The van der Waals surface area contributed by atoms with Crippen LogP contribution in [0.2, 0.25) is 0 Å². The van der Waals surface area contributed by atoms with Gasteiger partial charge in [-0.2, -0.15) is 5.26 Å². The molecule has 2 nitrogen and oxygen atoms in total. The third kappa shape index (κ3) is 2.61. The second-order valence-electron chi connectivity index (χ2n) is 5.05. The van der Waals surface area contributed by atoms with Crippen LogP contribution in [0.25, 0.3) is 0 Å². The third-order valence-electron chi connectivity index (χ3n) is 3.40. The smallest absolute Gasteiger partial charge is 0.130 e. The van der Waals surface area contributed by atoms with Gasteiger partial charge in [-0.3, -0.25) is 0 Å². The van der Waals surface area contributed by atoms with Crippen molar-refractivity contribution in [3.63, 3.8) is 0 Å². The number of nitrogens with zero attached hydrogens (tertiary/aromatic N) is 1. The minimum Gasteiger partial charge on any atom is -0.457 e. The molecule has 0 radical (unpaired) electrons. The Balaban J connectivity index is 1.92. The average molecular weight is 249 g/mol. The Labute approximate surface area is 113 Å². The van der Waals surface area contributed by atoms with Crippen molar-refractivity contribution in [1.82, 2.24) is 0 Å². The van der Waals surface area contributed by atoms with E-state index in [4.69, 9.17) is 10.00 Å². The van der Waals surface area contributed by atoms with Gasteiger partial charge in [0.25, 0.3) is 0 Å². The minimum absolute atomic E-state index is 0.564. The molecule has 2 heteroatoms. The lowest BCUT2D eigenvalue weighted by atomic mass is 10.1. The Kier molecular flexibility index (Phi) is 2.97. The summed E-state index contributed by atoms with van der Waals surface area (Å²) in [6.07, 6.45) is 2.39. The van der Waals surface area contributed by atoms with Crippen LogP contribution >= 0.6 is 0 Å². The Bertz CT molecular complexity index is 633. The van der Waals surface area contributed by atoms with Crippen molar-refractivity contribution in [3.05, 3.63) is 59.2 Å². The summed E-state index contributed by atoms with van der Waals surface area (Å²) >= 11 is 0. The predicted octanol–water partition coefficient (Wildman–Crippen LogP) is 4.54. The van der Waals surface area contributed by atoms with Gasteiger partial charge in [-0.15, -0.1) is 0 Å². The normalized spacial score (nSPS) is 13.9. The molecule has 1 aliphatic carbocycles. The molecule has 2 aromatic rings. The molecule has 3 rings (SSSR count). The van der Waals surface area contributed by atoms with E-state index in [1.165, 1.54) is 24.0 Å². The van der Waals surface area contributed by atoms with E-state index in [0.717, 1.165) is 11.5 Å². The van der Waals surface area contributed by atoms with E-state index < -0.39 is 0 Å². The van der Waals surface area contributed by atoms with E-state index in [1.807, 2.05) is 42.5 Å². The fourth-order valence-corrected chi connectivity index (χ4v) is 2.16. The zero-order chi connectivity index (χ0) is 13.2. The number of hydrogen-bond donors (Lipinski definition) is 0. The summed E-state index contributed by atoms with van der Waals surface area (Å²) in [4.78, 5) is 0. The first kappa shape index (κ1) is 11.8. The van der Waals surface area contributed by atoms with Gasteiger partial charge < -0.3 is 4.74 Å². The van der Waals surface area contributed by atoms with Gasteiger partial charge in [-0.05, 0) is 61.6 Å². The summed E-state index contributed by atoms with van der Waals surface area (Å²) in [5, 5.41) is 8.98. The zero-order valence-corrected chi connectivity index (χ0v) is 10.9. The first-order valence-corrected chi connectivity index (χ1v) is 6.55. The summed E-state index contributed by atoms with van der Waals surface area (Å²) in [7, 11) is 0. The largest absolute Gasteiger partial charge is 0.457 e. The Morgan fingerprint density at radius 1 is 1.11 bits per heavy atom. The first-order chi connectivity index (χ1) is 9.26. The molecular weight excluding hydrogens is 234 g/mol. The van der Waals surface area contributed by atoms with Crippen LogP contribution in [-0.4, -0.2) is 0 Å². The fraction of sp³-hybridized carbons (Fsp3) is 0.235. The van der Waals surface area contributed by atoms with Gasteiger partial charge in [0.05, 0.1) is 11.6 Å². The fourth-order valence-electron chi connectivity index (χ4n) is 2.16. The highest BCUT2D eigenvalue weighted by atomic mass is 16.5. The quantitative estimate of drug-likeness (QED) is 0.800. The van der Waals surface area contributed by atoms with Gasteiger partial charge in [0.1, 0.15) is 11.5 Å². The van der Waals surface area contributed by atoms with Crippen LogP contribution in [0, 0.1) is 18.3 Å². The van der Waals surface area contributed by atoms with Gasteiger partial charge >= 0.3 is 0 Å². The average Bonchev–Trinajstić information content (AvgIpc) is 3.26. The number of ether oxygens (including phenoxy) is 1. The molecule has 2 aromatic carbocycles. The molecular formula is C17H15NO. The lowest BCUT2D eigenvalue weighted by Crippen LogP contribution is -1.91. The molecule has 0 aromatic heterocycles. The second-order valence-corrected chi connectivity index (χ2v) is 5.05. The van der Waals surface area contributed by atoms with E-state index in [2.05, 4.69) is 13.0 Å². The van der Waals surface area contributed by atoms with Crippen LogP contribution in [0.5, 0.6) is 11.5 Å². The van der Waals surface area contributed by atoms with Crippen LogP contribution in [0.4, 0.5) is 0 Å². The van der Waals surface area contributed by atoms with Gasteiger partial charge in [0.2, 0.25) is 0 Å². The molecule has 0 aliphatic heterocycles. The van der Waals surface area contributed by atoms with Crippen LogP contribution in [-0.2, 0) is 0 Å². The van der Waals surface area contributed by atoms with Gasteiger partial charge in [0, 0.05) is 0 Å². The minimum atomic E-state index is 0.564.